The van der Waals surface area contributed by atoms with Crippen LogP contribution in [0, 0.1) is 13.8 Å². The lowest BCUT2D eigenvalue weighted by Gasteiger charge is -2.12. The molecule has 5 rings (SSSR count). The molecule has 0 atom stereocenters. The number of sulfonamides is 1. The molecule has 2 heterocycles. The number of H-pyrrole nitrogens is 1. The van der Waals surface area contributed by atoms with E-state index < -0.39 is 27.6 Å². The zero-order chi connectivity index (χ0) is 34.4. The Kier molecular flexibility index (Phi) is 11.0. The molecule has 0 unspecified atom stereocenters. The fourth-order valence-electron chi connectivity index (χ4n) is 5.47. The number of methoxy groups -OCH3 is 1. The van der Waals surface area contributed by atoms with E-state index in [9.17, 15) is 18.0 Å². The van der Waals surface area contributed by atoms with Crippen molar-refractivity contribution in [2.45, 2.75) is 33.2 Å². The van der Waals surface area contributed by atoms with E-state index >= 15 is 0 Å². The molecule has 0 radical (unpaired) electrons. The number of aromatic amines is 1. The summed E-state index contributed by atoms with van der Waals surface area (Å²) in [6.07, 6.45) is 2.75. The largest absolute Gasteiger partial charge is 0.497 e. The first kappa shape index (κ1) is 34.9. The number of nitrogens with zero attached hydrogens (tertiary/aromatic N) is 1. The third-order valence-corrected chi connectivity index (χ3v) is 9.87. The van der Waals surface area contributed by atoms with Crippen LogP contribution in [0.25, 0.3) is 10.9 Å². The Morgan fingerprint density at radius 3 is 2.46 bits per heavy atom. The molecule has 0 bridgehead atoms. The molecular formula is C35H36Cl2N4O6S. The van der Waals surface area contributed by atoms with Gasteiger partial charge in [-0.2, -0.15) is 0 Å². The van der Waals surface area contributed by atoms with E-state index in [0.29, 0.717) is 64.3 Å². The van der Waals surface area contributed by atoms with Gasteiger partial charge < -0.3 is 24.3 Å². The number of benzene rings is 3. The first-order chi connectivity index (χ1) is 22.9. The topological polar surface area (TPSA) is 132 Å². The van der Waals surface area contributed by atoms with Gasteiger partial charge in [-0.25, -0.2) is 13.1 Å². The molecule has 0 saturated carbocycles. The molecule has 3 aromatic carbocycles. The summed E-state index contributed by atoms with van der Waals surface area (Å²) in [6, 6.07) is 19.8. The Hall–Kier alpha value is -4.45. The highest BCUT2D eigenvalue weighted by Crippen LogP contribution is 2.28. The number of aryl methyl sites for hydroxylation is 3. The van der Waals surface area contributed by atoms with Crippen LogP contribution < -0.4 is 19.5 Å². The molecule has 48 heavy (non-hydrogen) atoms. The lowest BCUT2D eigenvalue weighted by atomic mass is 10.1. The number of rotatable bonds is 14. The number of nitrogens with one attached hydrogen (secondary N) is 3. The minimum absolute atomic E-state index is 0.119. The number of halogens is 2. The number of carbonyl (C=O) groups is 2. The van der Waals surface area contributed by atoms with Gasteiger partial charge >= 0.3 is 0 Å². The summed E-state index contributed by atoms with van der Waals surface area (Å²) < 4.78 is 41.0. The fourth-order valence-corrected chi connectivity index (χ4v) is 6.61. The first-order valence-corrected chi connectivity index (χ1v) is 17.7. The molecule has 13 heteroatoms. The molecule has 0 aliphatic carbocycles. The molecule has 5 aromatic rings. The van der Waals surface area contributed by atoms with Gasteiger partial charge in [0, 0.05) is 40.2 Å². The molecule has 2 amide bonds. The van der Waals surface area contributed by atoms with Crippen LogP contribution in [-0.2, 0) is 23.0 Å². The van der Waals surface area contributed by atoms with Crippen molar-refractivity contribution in [3.8, 4) is 11.5 Å². The number of fused-ring (bicyclic) bond motifs is 1. The SMILES string of the molecule is COc1cccc(Cn2cccc2C(=O)NCCS(=O)(=O)NC(=O)c2[nH]c3cc(Cl)ccc3c2CCCOc2cc(C)c(Cl)c(C)c2)c1. The number of aromatic nitrogens is 2. The molecule has 0 fully saturated rings. The van der Waals surface area contributed by atoms with Crippen LogP contribution in [-0.4, -0.2) is 55.8 Å². The van der Waals surface area contributed by atoms with E-state index in [1.807, 2.05) is 50.2 Å². The van der Waals surface area contributed by atoms with Crippen molar-refractivity contribution >= 4 is 55.9 Å². The van der Waals surface area contributed by atoms with Crippen LogP contribution in [0.2, 0.25) is 10.0 Å². The van der Waals surface area contributed by atoms with Crippen LogP contribution in [0.15, 0.2) is 72.9 Å². The van der Waals surface area contributed by atoms with Crippen LogP contribution in [0.1, 0.15) is 49.7 Å². The number of hydrogen-bond donors (Lipinski definition) is 3. The Morgan fingerprint density at radius 2 is 1.71 bits per heavy atom. The zero-order valence-electron chi connectivity index (χ0n) is 26.7. The third kappa shape index (κ3) is 8.52. The van der Waals surface area contributed by atoms with E-state index in [0.717, 1.165) is 22.1 Å². The number of carbonyl (C=O) groups excluding carboxylic acids is 2. The van der Waals surface area contributed by atoms with Crippen molar-refractivity contribution in [2.24, 2.45) is 0 Å². The van der Waals surface area contributed by atoms with Crippen LogP contribution in [0.4, 0.5) is 0 Å². The summed E-state index contributed by atoms with van der Waals surface area (Å²) >= 11 is 12.5. The number of ether oxygens (including phenoxy) is 2. The first-order valence-electron chi connectivity index (χ1n) is 15.2. The predicted molar refractivity (Wildman–Crippen MR) is 188 cm³/mol. The molecule has 2 aromatic heterocycles. The molecular weight excluding hydrogens is 675 g/mol. The maximum atomic E-state index is 13.3. The molecule has 0 spiro atoms. The van der Waals surface area contributed by atoms with Gasteiger partial charge in [0.1, 0.15) is 22.9 Å². The standard InChI is InChI=1S/C35H36Cl2N4O6S/c1-22-17-27(18-23(2)32(22)37)47-15-6-9-29-28-12-11-25(36)20-30(28)39-33(29)35(43)40-48(44,45)16-13-38-34(42)31-10-5-14-41(31)21-24-7-4-8-26(19-24)46-3/h4-5,7-8,10-12,14,17-20,39H,6,9,13,15-16,21H2,1-3H3,(H,38,42)(H,40,43). The second kappa shape index (κ2) is 15.2. The monoisotopic (exact) mass is 710 g/mol. The minimum atomic E-state index is -4.11. The molecule has 0 saturated heterocycles. The predicted octanol–water partition coefficient (Wildman–Crippen LogP) is 6.45. The number of amides is 2. The summed E-state index contributed by atoms with van der Waals surface area (Å²) in [5, 5.41) is 4.56. The summed E-state index contributed by atoms with van der Waals surface area (Å²) in [5.74, 6) is -0.349. The van der Waals surface area contributed by atoms with Crippen LogP contribution in [0.5, 0.6) is 11.5 Å². The molecule has 252 valence electrons. The normalized spacial score (nSPS) is 11.4. The second-order valence-corrected chi connectivity index (χ2v) is 14.0. The van der Waals surface area contributed by atoms with Crippen LogP contribution in [0.3, 0.4) is 0 Å². The van der Waals surface area contributed by atoms with E-state index in [1.54, 1.807) is 48.2 Å². The van der Waals surface area contributed by atoms with Crippen molar-refractivity contribution in [2.75, 3.05) is 26.0 Å². The zero-order valence-corrected chi connectivity index (χ0v) is 29.1. The number of hydrogen-bond acceptors (Lipinski definition) is 6. The van der Waals surface area contributed by atoms with Gasteiger partial charge in [-0.1, -0.05) is 41.4 Å². The summed E-state index contributed by atoms with van der Waals surface area (Å²) in [5.41, 5.74) is 4.50. The highest BCUT2D eigenvalue weighted by Gasteiger charge is 2.23. The van der Waals surface area contributed by atoms with Gasteiger partial charge in [0.15, 0.2) is 0 Å². The Balaban J connectivity index is 1.20. The third-order valence-electron chi connectivity index (χ3n) is 7.80. The maximum Gasteiger partial charge on any atom is 0.281 e. The van der Waals surface area contributed by atoms with Gasteiger partial charge in [0.25, 0.3) is 11.8 Å². The highest BCUT2D eigenvalue weighted by atomic mass is 35.5. The lowest BCUT2D eigenvalue weighted by Crippen LogP contribution is -2.38. The smallest absolute Gasteiger partial charge is 0.281 e. The quantitative estimate of drug-likeness (QED) is 0.114. The Labute approximate surface area is 289 Å². The van der Waals surface area contributed by atoms with Gasteiger partial charge in [-0.3, -0.25) is 9.59 Å². The lowest BCUT2D eigenvalue weighted by molar-refractivity contribution is 0.0946. The average Bonchev–Trinajstić information content (AvgIpc) is 3.65. The van der Waals surface area contributed by atoms with Crippen molar-refractivity contribution in [3.05, 3.63) is 117 Å². The Bertz CT molecular complexity index is 2050. The average molecular weight is 712 g/mol. The fraction of sp³-hybridized carbons (Fsp3) is 0.257. The van der Waals surface area contributed by atoms with Crippen molar-refractivity contribution < 1.29 is 27.5 Å². The van der Waals surface area contributed by atoms with Gasteiger partial charge in [0.05, 0.1) is 19.5 Å². The van der Waals surface area contributed by atoms with E-state index in [2.05, 4.69) is 15.0 Å². The molecule has 0 aliphatic rings. The van der Waals surface area contributed by atoms with E-state index in [-0.39, 0.29) is 12.2 Å². The van der Waals surface area contributed by atoms with Crippen molar-refractivity contribution in [3.63, 3.8) is 0 Å². The molecule has 0 aliphatic heterocycles. The summed E-state index contributed by atoms with van der Waals surface area (Å²) in [6.45, 7) is 4.40. The summed E-state index contributed by atoms with van der Waals surface area (Å²) in [7, 11) is -2.53. The maximum absolute atomic E-state index is 13.3. The van der Waals surface area contributed by atoms with Gasteiger partial charge in [-0.05, 0) is 97.5 Å². The van der Waals surface area contributed by atoms with Crippen molar-refractivity contribution in [1.82, 2.24) is 19.6 Å². The van der Waals surface area contributed by atoms with E-state index in [1.165, 1.54) is 0 Å². The minimum Gasteiger partial charge on any atom is -0.497 e. The van der Waals surface area contributed by atoms with Crippen molar-refractivity contribution in [1.29, 1.82) is 0 Å². The molecule has 10 nitrogen and oxygen atoms in total. The van der Waals surface area contributed by atoms with Gasteiger partial charge in [0.2, 0.25) is 10.0 Å². The van der Waals surface area contributed by atoms with Gasteiger partial charge in [-0.15, -0.1) is 0 Å². The second-order valence-electron chi connectivity index (χ2n) is 11.4. The Morgan fingerprint density at radius 1 is 0.938 bits per heavy atom. The highest BCUT2D eigenvalue weighted by molar-refractivity contribution is 7.90. The van der Waals surface area contributed by atoms with E-state index in [4.69, 9.17) is 32.7 Å². The molecule has 3 N–H and O–H groups in total. The van der Waals surface area contributed by atoms with Crippen LogP contribution >= 0.6 is 23.2 Å². The summed E-state index contributed by atoms with van der Waals surface area (Å²) in [4.78, 5) is 29.3.